The molecule has 3 heterocycles. The normalized spacial score (nSPS) is 17.0. The topological polar surface area (TPSA) is 83.9 Å². The molecule has 1 N–H and O–H groups in total. The zero-order chi connectivity index (χ0) is 18.7. The van der Waals surface area contributed by atoms with Gasteiger partial charge in [-0.15, -0.1) is 0 Å². The molecule has 136 valence electrons. The number of aryl methyl sites for hydroxylation is 3. The monoisotopic (exact) mass is 352 g/mol. The summed E-state index contributed by atoms with van der Waals surface area (Å²) in [6, 6.07) is 3.64. The van der Waals surface area contributed by atoms with Crippen LogP contribution in [0, 0.1) is 20.8 Å². The summed E-state index contributed by atoms with van der Waals surface area (Å²) < 4.78 is 0. The molecule has 0 bridgehead atoms. The highest BCUT2D eigenvalue weighted by molar-refractivity contribution is 5.87. The highest BCUT2D eigenvalue weighted by atomic mass is 16.2. The Hall–Kier alpha value is -2.83. The number of anilines is 2. The van der Waals surface area contributed by atoms with Gasteiger partial charge in [-0.3, -0.25) is 4.79 Å². The molecule has 1 saturated heterocycles. The van der Waals surface area contributed by atoms with Gasteiger partial charge >= 0.3 is 0 Å². The van der Waals surface area contributed by atoms with Crippen LogP contribution in [-0.2, 0) is 4.79 Å². The second-order valence-corrected chi connectivity index (χ2v) is 6.60. The lowest BCUT2D eigenvalue weighted by Crippen LogP contribution is -2.38. The molecule has 0 aliphatic carbocycles. The molecule has 26 heavy (non-hydrogen) atoms. The number of hydrogen-bond acceptors (Lipinski definition) is 6. The Morgan fingerprint density at radius 2 is 1.81 bits per heavy atom. The number of piperidine rings is 1. The average molecular weight is 352 g/mol. The molecule has 1 aliphatic heterocycles. The number of amides is 1. The van der Waals surface area contributed by atoms with E-state index >= 15 is 0 Å². The summed E-state index contributed by atoms with van der Waals surface area (Å²) >= 11 is 0. The second kappa shape index (κ2) is 7.59. The van der Waals surface area contributed by atoms with Gasteiger partial charge in [-0.1, -0.05) is 6.58 Å². The molecule has 0 saturated carbocycles. The van der Waals surface area contributed by atoms with Gasteiger partial charge in [0.15, 0.2) is 5.82 Å². The fraction of sp³-hybridized carbons (Fsp3) is 0.421. The highest BCUT2D eigenvalue weighted by Gasteiger charge is 2.29. The van der Waals surface area contributed by atoms with Crippen molar-refractivity contribution in [2.24, 2.45) is 0 Å². The van der Waals surface area contributed by atoms with Crippen LogP contribution in [0.5, 0.6) is 0 Å². The van der Waals surface area contributed by atoms with E-state index in [2.05, 4.69) is 31.8 Å². The first-order chi connectivity index (χ1) is 12.5. The molecule has 3 rings (SSSR count). The molecule has 2 aromatic heterocycles. The molecule has 0 spiro atoms. The molecule has 0 radical (unpaired) electrons. The fourth-order valence-corrected chi connectivity index (χ4v) is 3.28. The number of carbonyl (C=O) groups is 1. The van der Waals surface area contributed by atoms with Gasteiger partial charge in [-0.25, -0.2) is 19.9 Å². The summed E-state index contributed by atoms with van der Waals surface area (Å²) in [5, 5.41) is 3.17. The van der Waals surface area contributed by atoms with Crippen molar-refractivity contribution in [3.8, 4) is 0 Å². The maximum Gasteiger partial charge on any atom is 0.246 e. The fourth-order valence-electron chi connectivity index (χ4n) is 3.28. The van der Waals surface area contributed by atoms with E-state index in [-0.39, 0.29) is 11.9 Å². The van der Waals surface area contributed by atoms with Crippen LogP contribution >= 0.6 is 0 Å². The van der Waals surface area contributed by atoms with Gasteiger partial charge in [-0.2, -0.15) is 0 Å². The molecular weight excluding hydrogens is 328 g/mol. The van der Waals surface area contributed by atoms with E-state index in [4.69, 9.17) is 0 Å². The van der Waals surface area contributed by atoms with Crippen LogP contribution < -0.4 is 5.32 Å². The van der Waals surface area contributed by atoms with Crippen molar-refractivity contribution >= 4 is 17.7 Å². The van der Waals surface area contributed by atoms with Gasteiger partial charge in [-0.05, 0) is 52.2 Å². The molecule has 1 atom stereocenters. The van der Waals surface area contributed by atoms with Crippen LogP contribution in [0.3, 0.4) is 0 Å². The van der Waals surface area contributed by atoms with Gasteiger partial charge in [0.1, 0.15) is 5.82 Å². The molecule has 0 aromatic carbocycles. The minimum atomic E-state index is -0.130. The van der Waals surface area contributed by atoms with Crippen LogP contribution in [0.25, 0.3) is 0 Å². The van der Waals surface area contributed by atoms with Crippen LogP contribution in [0.2, 0.25) is 0 Å². The van der Waals surface area contributed by atoms with E-state index in [0.29, 0.717) is 24.1 Å². The first-order valence-electron chi connectivity index (χ1n) is 8.84. The summed E-state index contributed by atoms with van der Waals surface area (Å²) in [5.41, 5.74) is 2.61. The van der Waals surface area contributed by atoms with E-state index < -0.39 is 0 Å². The minimum absolute atomic E-state index is 0.0769. The molecule has 1 aliphatic rings. The molecule has 7 nitrogen and oxygen atoms in total. The van der Waals surface area contributed by atoms with Crippen molar-refractivity contribution in [2.45, 2.75) is 46.1 Å². The predicted molar refractivity (Wildman–Crippen MR) is 100 cm³/mol. The number of nitrogens with zero attached hydrogens (tertiary/aromatic N) is 5. The van der Waals surface area contributed by atoms with Crippen molar-refractivity contribution in [2.75, 3.05) is 11.9 Å². The highest BCUT2D eigenvalue weighted by Crippen LogP contribution is 2.30. The van der Waals surface area contributed by atoms with Crippen LogP contribution in [-0.4, -0.2) is 37.3 Å². The van der Waals surface area contributed by atoms with Gasteiger partial charge in [0.05, 0.1) is 6.04 Å². The Morgan fingerprint density at radius 1 is 1.12 bits per heavy atom. The Bertz CT molecular complexity index is 815. The standard InChI is InChI=1S/C19H24N6O/c1-5-17(26)25-9-7-6-8-15(25)18-20-14(4)11-16(23-18)24-19-21-12(2)10-13(3)22-19/h5,10-11,15H,1,6-9H2,2-4H3,(H,20,21,22,23,24)/t15-/m1/s1. The molecule has 7 heteroatoms. The van der Waals surface area contributed by atoms with E-state index in [1.165, 1.54) is 6.08 Å². The Kier molecular flexibility index (Phi) is 5.25. The molecule has 0 unspecified atom stereocenters. The zero-order valence-electron chi connectivity index (χ0n) is 15.5. The average Bonchev–Trinajstić information content (AvgIpc) is 2.59. The van der Waals surface area contributed by atoms with Crippen LogP contribution in [0.4, 0.5) is 11.8 Å². The Morgan fingerprint density at radius 3 is 2.50 bits per heavy atom. The third kappa shape index (κ3) is 4.04. The van der Waals surface area contributed by atoms with Gasteiger partial charge in [0.25, 0.3) is 0 Å². The Balaban J connectivity index is 1.91. The summed E-state index contributed by atoms with van der Waals surface area (Å²) in [4.78, 5) is 32.0. The maximum atomic E-state index is 12.2. The number of aromatic nitrogens is 4. The lowest BCUT2D eigenvalue weighted by Gasteiger charge is -2.34. The number of carbonyl (C=O) groups excluding carboxylic acids is 1. The quantitative estimate of drug-likeness (QED) is 0.851. The van der Waals surface area contributed by atoms with Gasteiger partial charge in [0.2, 0.25) is 11.9 Å². The van der Waals surface area contributed by atoms with Gasteiger partial charge in [0, 0.05) is 29.7 Å². The molecule has 1 fully saturated rings. The molecular formula is C19H24N6O. The predicted octanol–water partition coefficient (Wildman–Crippen LogP) is 3.18. The van der Waals surface area contributed by atoms with E-state index in [9.17, 15) is 4.79 Å². The van der Waals surface area contributed by atoms with Crippen molar-refractivity contribution in [3.05, 3.63) is 47.7 Å². The Labute approximate surface area is 153 Å². The van der Waals surface area contributed by atoms with Crippen molar-refractivity contribution < 1.29 is 4.79 Å². The number of hydrogen-bond donors (Lipinski definition) is 1. The van der Waals surface area contributed by atoms with Crippen molar-refractivity contribution in [1.29, 1.82) is 0 Å². The lowest BCUT2D eigenvalue weighted by atomic mass is 10.0. The van der Waals surface area contributed by atoms with Crippen molar-refractivity contribution in [3.63, 3.8) is 0 Å². The largest absolute Gasteiger partial charge is 0.329 e. The van der Waals surface area contributed by atoms with Gasteiger partial charge < -0.3 is 10.2 Å². The SMILES string of the molecule is C=CC(=O)N1CCCC[C@@H]1c1nc(C)cc(Nc2nc(C)cc(C)n2)n1. The molecule has 1 amide bonds. The first-order valence-corrected chi connectivity index (χ1v) is 8.84. The zero-order valence-corrected chi connectivity index (χ0v) is 15.5. The third-order valence-corrected chi connectivity index (χ3v) is 4.35. The van der Waals surface area contributed by atoms with Crippen LogP contribution in [0.15, 0.2) is 24.8 Å². The summed E-state index contributed by atoms with van der Waals surface area (Å²) in [7, 11) is 0. The summed E-state index contributed by atoms with van der Waals surface area (Å²) in [5.74, 6) is 1.71. The second-order valence-electron chi connectivity index (χ2n) is 6.60. The molecule has 2 aromatic rings. The number of rotatable bonds is 4. The minimum Gasteiger partial charge on any atom is -0.329 e. The maximum absolute atomic E-state index is 12.2. The first kappa shape index (κ1) is 18.0. The lowest BCUT2D eigenvalue weighted by molar-refractivity contribution is -0.129. The third-order valence-electron chi connectivity index (χ3n) is 4.35. The number of nitrogens with one attached hydrogen (secondary N) is 1. The summed E-state index contributed by atoms with van der Waals surface area (Å²) in [6.45, 7) is 10.1. The number of likely N-dealkylation sites (tertiary alicyclic amines) is 1. The van der Waals surface area contributed by atoms with Crippen LogP contribution in [0.1, 0.15) is 48.2 Å². The van der Waals surface area contributed by atoms with E-state index in [1.807, 2.05) is 37.8 Å². The van der Waals surface area contributed by atoms with E-state index in [0.717, 1.165) is 36.3 Å². The summed E-state index contributed by atoms with van der Waals surface area (Å²) in [6.07, 6.45) is 4.24. The van der Waals surface area contributed by atoms with E-state index in [1.54, 1.807) is 0 Å². The smallest absolute Gasteiger partial charge is 0.246 e. The van der Waals surface area contributed by atoms with Crippen molar-refractivity contribution in [1.82, 2.24) is 24.8 Å².